The monoisotopic (exact) mass is 317 g/mol. The summed E-state index contributed by atoms with van der Waals surface area (Å²) in [5, 5.41) is 8.59. The fraction of sp³-hybridized carbons (Fsp3) is 0.412. The molecule has 1 aromatic heterocycles. The normalized spacial score (nSPS) is 17.0. The van der Waals surface area contributed by atoms with Crippen LogP contribution < -0.4 is 4.74 Å². The van der Waals surface area contributed by atoms with Crippen LogP contribution in [0.2, 0.25) is 0 Å². The highest BCUT2D eigenvalue weighted by atomic mass is 19.1. The van der Waals surface area contributed by atoms with Gasteiger partial charge in [-0.1, -0.05) is 5.16 Å². The molecule has 6 heteroatoms. The number of rotatable bonds is 5. The van der Waals surface area contributed by atoms with E-state index in [0.29, 0.717) is 19.6 Å². The number of halogens is 1. The van der Waals surface area contributed by atoms with Gasteiger partial charge in [-0.2, -0.15) is 5.10 Å². The minimum atomic E-state index is -0.366. The van der Waals surface area contributed by atoms with E-state index in [2.05, 4.69) is 10.3 Å². The van der Waals surface area contributed by atoms with E-state index in [1.165, 1.54) is 6.07 Å². The van der Waals surface area contributed by atoms with Crippen LogP contribution in [-0.4, -0.2) is 28.2 Å². The zero-order valence-corrected chi connectivity index (χ0v) is 13.5. The van der Waals surface area contributed by atoms with Gasteiger partial charge in [0.15, 0.2) is 17.7 Å². The van der Waals surface area contributed by atoms with Crippen molar-refractivity contribution in [2.24, 2.45) is 5.16 Å². The van der Waals surface area contributed by atoms with Gasteiger partial charge in [-0.15, -0.1) is 0 Å². The quantitative estimate of drug-likeness (QED) is 0.850. The molecule has 2 aromatic rings. The molecule has 23 heavy (non-hydrogen) atoms. The molecular weight excluding hydrogens is 297 g/mol. The third-order valence-corrected chi connectivity index (χ3v) is 3.78. The minimum absolute atomic E-state index is 0.0661. The summed E-state index contributed by atoms with van der Waals surface area (Å²) in [4.78, 5) is 5.51. The number of aryl methyl sites for hydroxylation is 2. The lowest BCUT2D eigenvalue weighted by Crippen LogP contribution is -2.18. The molecule has 0 fully saturated rings. The van der Waals surface area contributed by atoms with E-state index >= 15 is 0 Å². The van der Waals surface area contributed by atoms with E-state index < -0.39 is 0 Å². The van der Waals surface area contributed by atoms with Crippen molar-refractivity contribution in [2.75, 3.05) is 6.61 Å². The molecule has 0 N–H and O–H groups in total. The van der Waals surface area contributed by atoms with Crippen LogP contribution in [0.5, 0.6) is 5.75 Å². The molecular formula is C17H20FN3O2. The van der Waals surface area contributed by atoms with Crippen LogP contribution >= 0.6 is 0 Å². The van der Waals surface area contributed by atoms with Crippen molar-refractivity contribution in [3.8, 4) is 5.75 Å². The number of aromatic nitrogens is 2. The Labute approximate surface area is 134 Å². The number of hydrogen-bond acceptors (Lipinski definition) is 4. The van der Waals surface area contributed by atoms with Crippen LogP contribution in [0.15, 0.2) is 29.4 Å². The summed E-state index contributed by atoms with van der Waals surface area (Å²) in [5.41, 5.74) is 3.71. The molecule has 0 bridgehead atoms. The third-order valence-electron chi connectivity index (χ3n) is 3.78. The lowest BCUT2D eigenvalue weighted by atomic mass is 10.0. The van der Waals surface area contributed by atoms with Crippen LogP contribution in [-0.2, 0) is 11.4 Å². The van der Waals surface area contributed by atoms with Crippen LogP contribution in [0.1, 0.15) is 30.3 Å². The molecule has 0 amide bonds. The summed E-state index contributed by atoms with van der Waals surface area (Å²) in [7, 11) is 0. The zero-order valence-electron chi connectivity index (χ0n) is 13.5. The third kappa shape index (κ3) is 3.36. The molecule has 1 atom stereocenters. The van der Waals surface area contributed by atoms with E-state index in [0.717, 1.165) is 22.7 Å². The molecule has 2 heterocycles. The fourth-order valence-corrected chi connectivity index (χ4v) is 2.70. The molecule has 0 aliphatic carbocycles. The number of nitrogens with zero attached hydrogens (tertiary/aromatic N) is 3. The zero-order chi connectivity index (χ0) is 16.4. The van der Waals surface area contributed by atoms with Gasteiger partial charge in [0.05, 0.1) is 24.6 Å². The van der Waals surface area contributed by atoms with Gasteiger partial charge in [-0.25, -0.2) is 4.39 Å². The average Bonchev–Trinajstić information content (AvgIpc) is 3.09. The van der Waals surface area contributed by atoms with E-state index in [4.69, 9.17) is 9.57 Å². The highest BCUT2D eigenvalue weighted by Crippen LogP contribution is 2.24. The Morgan fingerprint density at radius 3 is 2.87 bits per heavy atom. The first kappa shape index (κ1) is 15.5. The second-order valence-corrected chi connectivity index (χ2v) is 5.66. The van der Waals surface area contributed by atoms with Crippen molar-refractivity contribution >= 4 is 5.71 Å². The molecule has 122 valence electrons. The Morgan fingerprint density at radius 2 is 2.17 bits per heavy atom. The molecule has 1 aliphatic rings. The lowest BCUT2D eigenvalue weighted by molar-refractivity contribution is 0.0692. The van der Waals surface area contributed by atoms with Gasteiger partial charge in [0.2, 0.25) is 0 Å². The van der Waals surface area contributed by atoms with E-state index in [9.17, 15) is 4.39 Å². The van der Waals surface area contributed by atoms with Gasteiger partial charge in [-0.05, 0) is 45.0 Å². The van der Waals surface area contributed by atoms with Crippen molar-refractivity contribution < 1.29 is 14.0 Å². The summed E-state index contributed by atoms with van der Waals surface area (Å²) in [6.07, 6.45) is 0.596. The maximum Gasteiger partial charge on any atom is 0.165 e. The number of oxime groups is 1. The van der Waals surface area contributed by atoms with Crippen LogP contribution in [0.3, 0.4) is 0 Å². The first-order valence-electron chi connectivity index (χ1n) is 7.73. The first-order chi connectivity index (χ1) is 11.1. The molecule has 0 saturated carbocycles. The summed E-state index contributed by atoms with van der Waals surface area (Å²) in [6.45, 7) is 6.88. The summed E-state index contributed by atoms with van der Waals surface area (Å²) in [5.74, 6) is -0.121. The lowest BCUT2D eigenvalue weighted by Gasteiger charge is -2.10. The number of hydrogen-bond donors (Lipinski definition) is 0. The van der Waals surface area contributed by atoms with Crippen molar-refractivity contribution in [1.29, 1.82) is 0 Å². The number of ether oxygens (including phenoxy) is 1. The summed E-state index contributed by atoms with van der Waals surface area (Å²) in [6, 6.07) is 6.81. The predicted octanol–water partition coefficient (Wildman–Crippen LogP) is 3.23. The molecule has 5 nitrogen and oxygen atoms in total. The second kappa shape index (κ2) is 6.40. The van der Waals surface area contributed by atoms with Crippen LogP contribution in [0.25, 0.3) is 0 Å². The van der Waals surface area contributed by atoms with Crippen LogP contribution in [0, 0.1) is 19.7 Å². The SMILES string of the molecule is CCOc1cc(C2=NO[C@@H](Cn3nc(C)cc3C)C2)ccc1F. The Hall–Kier alpha value is -2.37. The standard InChI is InChI=1S/C17H20FN3O2/c1-4-22-17-8-13(5-6-15(17)18)16-9-14(23-20-16)10-21-12(3)7-11(2)19-21/h5-8,14H,4,9-10H2,1-3H3/t14-/m1/s1. The van der Waals surface area contributed by atoms with Crippen molar-refractivity contribution in [2.45, 2.75) is 39.8 Å². The molecule has 0 unspecified atom stereocenters. The molecule has 0 radical (unpaired) electrons. The van der Waals surface area contributed by atoms with Gasteiger partial charge >= 0.3 is 0 Å². The van der Waals surface area contributed by atoms with E-state index in [1.807, 2.05) is 31.5 Å². The van der Waals surface area contributed by atoms with Crippen LogP contribution in [0.4, 0.5) is 4.39 Å². The van der Waals surface area contributed by atoms with E-state index in [1.54, 1.807) is 12.1 Å². The Kier molecular flexibility index (Phi) is 4.32. The Bertz CT molecular complexity index is 739. The maximum absolute atomic E-state index is 13.6. The molecule has 1 aromatic carbocycles. The van der Waals surface area contributed by atoms with Gasteiger partial charge in [0.25, 0.3) is 0 Å². The predicted molar refractivity (Wildman–Crippen MR) is 85.3 cm³/mol. The van der Waals surface area contributed by atoms with Crippen molar-refractivity contribution in [1.82, 2.24) is 9.78 Å². The summed E-state index contributed by atoms with van der Waals surface area (Å²) < 4.78 is 20.9. The topological polar surface area (TPSA) is 48.6 Å². The Morgan fingerprint density at radius 1 is 1.35 bits per heavy atom. The van der Waals surface area contributed by atoms with Gasteiger partial charge in [0.1, 0.15) is 0 Å². The minimum Gasteiger partial charge on any atom is -0.491 e. The largest absolute Gasteiger partial charge is 0.491 e. The fourth-order valence-electron chi connectivity index (χ4n) is 2.70. The van der Waals surface area contributed by atoms with Crippen molar-refractivity contribution in [3.05, 3.63) is 47.0 Å². The van der Waals surface area contributed by atoms with E-state index in [-0.39, 0.29) is 17.7 Å². The Balaban J connectivity index is 1.69. The molecule has 0 spiro atoms. The smallest absolute Gasteiger partial charge is 0.165 e. The van der Waals surface area contributed by atoms with Gasteiger partial charge in [-0.3, -0.25) is 4.68 Å². The average molecular weight is 317 g/mol. The highest BCUT2D eigenvalue weighted by molar-refractivity contribution is 6.01. The number of benzene rings is 1. The van der Waals surface area contributed by atoms with Gasteiger partial charge in [0, 0.05) is 17.7 Å². The first-order valence-corrected chi connectivity index (χ1v) is 7.73. The second-order valence-electron chi connectivity index (χ2n) is 5.66. The van der Waals surface area contributed by atoms with Gasteiger partial charge < -0.3 is 9.57 Å². The maximum atomic E-state index is 13.6. The highest BCUT2D eigenvalue weighted by Gasteiger charge is 2.24. The van der Waals surface area contributed by atoms with Crippen molar-refractivity contribution in [3.63, 3.8) is 0 Å². The molecule has 3 rings (SSSR count). The summed E-state index contributed by atoms with van der Waals surface area (Å²) >= 11 is 0. The molecule has 1 aliphatic heterocycles. The molecule has 0 saturated heterocycles.